The zero-order valence-electron chi connectivity index (χ0n) is 9.14. The van der Waals surface area contributed by atoms with Crippen molar-refractivity contribution in [3.05, 3.63) is 35.7 Å². The predicted molar refractivity (Wildman–Crippen MR) is 61.8 cm³/mol. The molecule has 0 atom stereocenters. The first-order valence-electron chi connectivity index (χ1n) is 4.89. The Bertz CT molecular complexity index is 496. The van der Waals surface area contributed by atoms with Gasteiger partial charge in [0.1, 0.15) is 0 Å². The number of aromatic nitrogens is 3. The second kappa shape index (κ2) is 4.53. The van der Waals surface area contributed by atoms with Crippen molar-refractivity contribution in [1.82, 2.24) is 14.8 Å². The minimum Gasteiger partial charge on any atom is -0.421 e. The Labute approximate surface area is 98.8 Å². The van der Waals surface area contributed by atoms with E-state index in [1.807, 2.05) is 32.2 Å². The monoisotopic (exact) mass is 237 g/mol. The van der Waals surface area contributed by atoms with E-state index in [0.29, 0.717) is 17.6 Å². The van der Waals surface area contributed by atoms with E-state index in [9.17, 15) is 0 Å². The fourth-order valence-corrected chi connectivity index (χ4v) is 1.53. The van der Waals surface area contributed by atoms with Crippen molar-refractivity contribution >= 4 is 11.6 Å². The minimum absolute atomic E-state index is 0.377. The number of pyridine rings is 1. The van der Waals surface area contributed by atoms with Gasteiger partial charge in [-0.15, -0.1) is 11.6 Å². The van der Waals surface area contributed by atoms with E-state index in [4.69, 9.17) is 16.3 Å². The molecule has 0 unspecified atom stereocenters. The van der Waals surface area contributed by atoms with E-state index in [1.54, 1.807) is 10.7 Å². The van der Waals surface area contributed by atoms with Gasteiger partial charge >= 0.3 is 0 Å². The Morgan fingerprint density at radius 2 is 2.25 bits per heavy atom. The van der Waals surface area contributed by atoms with E-state index in [1.165, 1.54) is 0 Å². The van der Waals surface area contributed by atoms with E-state index in [0.717, 1.165) is 11.4 Å². The van der Waals surface area contributed by atoms with Crippen molar-refractivity contribution < 1.29 is 4.74 Å². The summed E-state index contributed by atoms with van der Waals surface area (Å²) >= 11 is 5.70. The van der Waals surface area contributed by atoms with E-state index < -0.39 is 0 Å². The maximum absolute atomic E-state index is 5.70. The fourth-order valence-electron chi connectivity index (χ4n) is 1.38. The second-order valence-corrected chi connectivity index (χ2v) is 3.72. The number of nitrogens with zero attached hydrogens (tertiary/aromatic N) is 3. The highest BCUT2D eigenvalue weighted by molar-refractivity contribution is 6.16. The van der Waals surface area contributed by atoms with Crippen LogP contribution in [0.5, 0.6) is 11.8 Å². The van der Waals surface area contributed by atoms with Crippen LogP contribution in [0.15, 0.2) is 24.3 Å². The van der Waals surface area contributed by atoms with Crippen LogP contribution in [-0.2, 0) is 12.9 Å². The third-order valence-corrected chi connectivity index (χ3v) is 2.36. The Morgan fingerprint density at radius 3 is 2.88 bits per heavy atom. The lowest BCUT2D eigenvalue weighted by atomic mass is 10.4. The standard InChI is InChI=1S/C11H12ClN3O/c1-8-6-11(15(2)14-8)16-10-5-3-4-9(7-12)13-10/h3-6H,7H2,1-2H3. The molecule has 2 aromatic rings. The van der Waals surface area contributed by atoms with E-state index >= 15 is 0 Å². The van der Waals surface area contributed by atoms with Crippen LogP contribution < -0.4 is 4.74 Å². The van der Waals surface area contributed by atoms with Crippen LogP contribution in [0.1, 0.15) is 11.4 Å². The molecule has 0 aliphatic carbocycles. The summed E-state index contributed by atoms with van der Waals surface area (Å²) in [5, 5.41) is 4.19. The average molecular weight is 238 g/mol. The molecule has 5 heteroatoms. The maximum atomic E-state index is 5.70. The minimum atomic E-state index is 0.377. The van der Waals surface area contributed by atoms with Gasteiger partial charge in [0.2, 0.25) is 11.8 Å². The Balaban J connectivity index is 2.23. The summed E-state index contributed by atoms with van der Waals surface area (Å²) in [6.07, 6.45) is 0. The lowest BCUT2D eigenvalue weighted by Gasteiger charge is -2.04. The number of halogens is 1. The molecule has 2 rings (SSSR count). The zero-order valence-corrected chi connectivity index (χ0v) is 9.90. The van der Waals surface area contributed by atoms with Crippen LogP contribution in [0.4, 0.5) is 0 Å². The average Bonchev–Trinajstić information content (AvgIpc) is 2.58. The largest absolute Gasteiger partial charge is 0.421 e. The summed E-state index contributed by atoms with van der Waals surface area (Å²) in [7, 11) is 1.83. The third kappa shape index (κ3) is 2.33. The van der Waals surface area contributed by atoms with Crippen LogP contribution in [0.3, 0.4) is 0 Å². The molecule has 0 amide bonds. The molecule has 0 spiro atoms. The van der Waals surface area contributed by atoms with Crippen LogP contribution in [0, 0.1) is 6.92 Å². The smallest absolute Gasteiger partial charge is 0.221 e. The molecule has 0 aromatic carbocycles. The Hall–Kier alpha value is -1.55. The van der Waals surface area contributed by atoms with Gasteiger partial charge in [0.25, 0.3) is 0 Å². The van der Waals surface area contributed by atoms with Gasteiger partial charge in [-0.2, -0.15) is 5.10 Å². The first-order valence-corrected chi connectivity index (χ1v) is 5.43. The molecule has 0 N–H and O–H groups in total. The van der Waals surface area contributed by atoms with Gasteiger partial charge in [0.15, 0.2) is 0 Å². The first-order chi connectivity index (χ1) is 7.69. The fraction of sp³-hybridized carbons (Fsp3) is 0.273. The summed E-state index contributed by atoms with van der Waals surface area (Å²) in [4.78, 5) is 4.24. The number of alkyl halides is 1. The topological polar surface area (TPSA) is 39.9 Å². The maximum Gasteiger partial charge on any atom is 0.221 e. The number of aryl methyl sites for hydroxylation is 2. The van der Waals surface area contributed by atoms with Crippen molar-refractivity contribution in [2.24, 2.45) is 7.05 Å². The molecule has 0 fully saturated rings. The number of ether oxygens (including phenoxy) is 1. The quantitative estimate of drug-likeness (QED) is 0.771. The van der Waals surface area contributed by atoms with Gasteiger partial charge in [-0.1, -0.05) is 6.07 Å². The molecule has 4 nitrogen and oxygen atoms in total. The summed E-state index contributed by atoms with van der Waals surface area (Å²) in [5.41, 5.74) is 1.70. The summed E-state index contributed by atoms with van der Waals surface area (Å²) in [6, 6.07) is 7.37. The highest BCUT2D eigenvalue weighted by atomic mass is 35.5. The summed E-state index contributed by atoms with van der Waals surface area (Å²) < 4.78 is 7.27. The molecule has 16 heavy (non-hydrogen) atoms. The van der Waals surface area contributed by atoms with Crippen molar-refractivity contribution in [3.8, 4) is 11.8 Å². The van der Waals surface area contributed by atoms with Crippen molar-refractivity contribution in [2.45, 2.75) is 12.8 Å². The van der Waals surface area contributed by atoms with Gasteiger partial charge in [-0.3, -0.25) is 0 Å². The second-order valence-electron chi connectivity index (χ2n) is 3.45. The van der Waals surface area contributed by atoms with Crippen LogP contribution in [-0.4, -0.2) is 14.8 Å². The lowest BCUT2D eigenvalue weighted by molar-refractivity contribution is 0.414. The van der Waals surface area contributed by atoms with Crippen molar-refractivity contribution in [3.63, 3.8) is 0 Å². The Kier molecular flexibility index (Phi) is 3.10. The van der Waals surface area contributed by atoms with Gasteiger partial charge in [0, 0.05) is 19.2 Å². The highest BCUT2D eigenvalue weighted by Crippen LogP contribution is 2.20. The first kappa shape index (κ1) is 11.0. The van der Waals surface area contributed by atoms with Crippen molar-refractivity contribution in [2.75, 3.05) is 0 Å². The summed E-state index contributed by atoms with van der Waals surface area (Å²) in [5.74, 6) is 1.57. The van der Waals surface area contributed by atoms with Crippen molar-refractivity contribution in [1.29, 1.82) is 0 Å². The van der Waals surface area contributed by atoms with Crippen LogP contribution in [0.2, 0.25) is 0 Å². The normalized spacial score (nSPS) is 10.4. The van der Waals surface area contributed by atoms with E-state index in [-0.39, 0.29) is 0 Å². The highest BCUT2D eigenvalue weighted by Gasteiger charge is 2.05. The molecular weight excluding hydrogens is 226 g/mol. The molecule has 0 radical (unpaired) electrons. The van der Waals surface area contributed by atoms with Gasteiger partial charge in [0.05, 0.1) is 17.3 Å². The molecular formula is C11H12ClN3O. The van der Waals surface area contributed by atoms with E-state index in [2.05, 4.69) is 10.1 Å². The number of hydrogen-bond donors (Lipinski definition) is 0. The lowest BCUT2D eigenvalue weighted by Crippen LogP contribution is -1.97. The SMILES string of the molecule is Cc1cc(Oc2cccc(CCl)n2)n(C)n1. The third-order valence-electron chi connectivity index (χ3n) is 2.09. The Morgan fingerprint density at radius 1 is 1.44 bits per heavy atom. The van der Waals surface area contributed by atoms with Gasteiger partial charge < -0.3 is 4.74 Å². The van der Waals surface area contributed by atoms with Crippen LogP contribution in [0.25, 0.3) is 0 Å². The molecule has 2 aromatic heterocycles. The number of hydrogen-bond acceptors (Lipinski definition) is 3. The molecule has 0 aliphatic rings. The van der Waals surface area contributed by atoms with Crippen LogP contribution >= 0.6 is 11.6 Å². The zero-order chi connectivity index (χ0) is 11.5. The molecule has 84 valence electrons. The molecule has 0 saturated carbocycles. The van der Waals surface area contributed by atoms with Gasteiger partial charge in [-0.25, -0.2) is 9.67 Å². The molecule has 2 heterocycles. The number of rotatable bonds is 3. The molecule has 0 bridgehead atoms. The summed E-state index contributed by atoms with van der Waals surface area (Å²) in [6.45, 7) is 1.91. The molecule has 0 aliphatic heterocycles. The predicted octanol–water partition coefficient (Wildman–Crippen LogP) is 2.65. The van der Waals surface area contributed by atoms with Gasteiger partial charge in [-0.05, 0) is 13.0 Å². The molecule has 0 saturated heterocycles.